The molecule has 0 amide bonds. The van der Waals surface area contributed by atoms with Gasteiger partial charge in [0.1, 0.15) is 11.5 Å². The molecule has 12 heteroatoms. The number of hydrazone groups is 1. The summed E-state index contributed by atoms with van der Waals surface area (Å²) in [5, 5.41) is 9.74. The van der Waals surface area contributed by atoms with Gasteiger partial charge in [0.05, 0.1) is 49.8 Å². The molecule has 0 N–H and O–H groups in total. The minimum Gasteiger partial charge on any atom is -0.497 e. The van der Waals surface area contributed by atoms with E-state index in [4.69, 9.17) is 24.3 Å². The highest BCUT2D eigenvalue weighted by Crippen LogP contribution is 2.40. The standard InChI is InChI=1S/C30H30N4O5S2.BrH/c1-37-24-9-3-21(4-10-24)27-19-29(23-5-11-25(38-2)12-6-23)34(32-27)30-31-28(20-40-30)22-7-13-26(14-8-22)41(35,36)33-15-17-39-18-16-33;/h3-14,20,29H,15-19H2,1-2H3;1H. The molecule has 9 nitrogen and oxygen atoms in total. The molecule has 3 aromatic carbocycles. The molecular weight excluding hydrogens is 640 g/mol. The SMILES string of the molecule is Br.COc1ccc(C2=NN(c3nc(-c4ccc(S(=O)(=O)N5CCOCC5)cc4)cs3)C(c3ccc(OC)cc3)C2)cc1. The van der Waals surface area contributed by atoms with Crippen LogP contribution in [-0.4, -0.2) is 63.9 Å². The van der Waals surface area contributed by atoms with E-state index in [0.717, 1.165) is 44.7 Å². The number of rotatable bonds is 8. The first kappa shape index (κ1) is 30.2. The normalized spacial score (nSPS) is 17.4. The highest BCUT2D eigenvalue weighted by atomic mass is 79.9. The van der Waals surface area contributed by atoms with Crippen molar-refractivity contribution in [2.75, 3.05) is 45.5 Å². The Balaban J connectivity index is 0.00000353. The van der Waals surface area contributed by atoms with Crippen molar-refractivity contribution in [1.82, 2.24) is 9.29 Å². The van der Waals surface area contributed by atoms with E-state index in [1.54, 1.807) is 26.4 Å². The van der Waals surface area contributed by atoms with Crippen molar-refractivity contribution < 1.29 is 22.6 Å². The van der Waals surface area contributed by atoms with Gasteiger partial charge in [-0.15, -0.1) is 28.3 Å². The van der Waals surface area contributed by atoms with Crippen LogP contribution in [0.1, 0.15) is 23.6 Å². The van der Waals surface area contributed by atoms with Crippen molar-refractivity contribution >= 4 is 49.2 Å². The third-order valence-electron chi connectivity index (χ3n) is 7.28. The monoisotopic (exact) mass is 670 g/mol. The molecule has 2 aliphatic rings. The number of sulfonamides is 1. The highest BCUT2D eigenvalue weighted by Gasteiger charge is 2.32. The van der Waals surface area contributed by atoms with Gasteiger partial charge in [-0.05, 0) is 59.7 Å². The lowest BCUT2D eigenvalue weighted by Crippen LogP contribution is -2.40. The van der Waals surface area contributed by atoms with E-state index in [9.17, 15) is 8.42 Å². The summed E-state index contributed by atoms with van der Waals surface area (Å²) in [5.41, 5.74) is 4.70. The molecule has 1 aromatic heterocycles. The van der Waals surface area contributed by atoms with Crippen molar-refractivity contribution in [1.29, 1.82) is 0 Å². The summed E-state index contributed by atoms with van der Waals surface area (Å²) in [6, 6.07) is 22.8. The van der Waals surface area contributed by atoms with Gasteiger partial charge in [-0.1, -0.05) is 24.3 Å². The van der Waals surface area contributed by atoms with E-state index in [1.807, 2.05) is 58.9 Å². The molecule has 220 valence electrons. The number of halogens is 1. The molecule has 1 fully saturated rings. The van der Waals surface area contributed by atoms with Gasteiger partial charge in [-0.2, -0.15) is 9.41 Å². The third kappa shape index (κ3) is 6.09. The van der Waals surface area contributed by atoms with Crippen LogP contribution in [0.25, 0.3) is 11.3 Å². The molecule has 1 saturated heterocycles. The van der Waals surface area contributed by atoms with Gasteiger partial charge in [-0.3, -0.25) is 0 Å². The van der Waals surface area contributed by atoms with E-state index >= 15 is 0 Å². The molecule has 0 aliphatic carbocycles. The van der Waals surface area contributed by atoms with Crippen molar-refractivity contribution in [3.63, 3.8) is 0 Å². The molecule has 1 atom stereocenters. The van der Waals surface area contributed by atoms with Crippen molar-refractivity contribution in [3.8, 4) is 22.8 Å². The fourth-order valence-electron chi connectivity index (χ4n) is 4.97. The summed E-state index contributed by atoms with van der Waals surface area (Å²) >= 11 is 1.51. The first-order chi connectivity index (χ1) is 20.0. The lowest BCUT2D eigenvalue weighted by atomic mass is 9.98. The maximum atomic E-state index is 13.0. The zero-order valence-corrected chi connectivity index (χ0v) is 26.5. The summed E-state index contributed by atoms with van der Waals surface area (Å²) in [6.07, 6.45) is 0.710. The Morgan fingerprint density at radius 3 is 2.07 bits per heavy atom. The number of morpholine rings is 1. The summed E-state index contributed by atoms with van der Waals surface area (Å²) in [6.45, 7) is 1.55. The van der Waals surface area contributed by atoms with Crippen LogP contribution in [0, 0.1) is 0 Å². The zero-order valence-electron chi connectivity index (χ0n) is 23.2. The quantitative estimate of drug-likeness (QED) is 0.235. The van der Waals surface area contributed by atoms with Crippen LogP contribution in [0.15, 0.2) is 88.2 Å². The summed E-state index contributed by atoms with van der Waals surface area (Å²) in [5.74, 6) is 1.59. The van der Waals surface area contributed by atoms with Gasteiger partial charge in [0.2, 0.25) is 15.2 Å². The number of hydrogen-bond acceptors (Lipinski definition) is 9. The molecule has 0 saturated carbocycles. The predicted molar refractivity (Wildman–Crippen MR) is 170 cm³/mol. The summed E-state index contributed by atoms with van der Waals surface area (Å²) in [4.78, 5) is 5.20. The molecule has 3 heterocycles. The number of anilines is 1. The summed E-state index contributed by atoms with van der Waals surface area (Å²) in [7, 11) is -0.247. The Bertz CT molecular complexity index is 1640. The molecule has 42 heavy (non-hydrogen) atoms. The Hall–Kier alpha value is -3.29. The number of aromatic nitrogens is 1. The summed E-state index contributed by atoms with van der Waals surface area (Å²) < 4.78 is 43.5. The zero-order chi connectivity index (χ0) is 28.4. The Morgan fingerprint density at radius 1 is 0.857 bits per heavy atom. The lowest BCUT2D eigenvalue weighted by Gasteiger charge is -2.26. The Kier molecular flexibility index (Phi) is 9.28. The van der Waals surface area contributed by atoms with Crippen molar-refractivity contribution in [2.45, 2.75) is 17.4 Å². The number of nitrogens with zero attached hydrogens (tertiary/aromatic N) is 4. The Morgan fingerprint density at radius 2 is 1.45 bits per heavy atom. The van der Waals surface area contributed by atoms with Crippen LogP contribution in [0.4, 0.5) is 5.13 Å². The van der Waals surface area contributed by atoms with Gasteiger partial charge < -0.3 is 14.2 Å². The number of ether oxygens (including phenoxy) is 3. The second-order valence-electron chi connectivity index (χ2n) is 9.67. The van der Waals surface area contributed by atoms with E-state index < -0.39 is 10.0 Å². The number of thiazole rings is 1. The predicted octanol–water partition coefficient (Wildman–Crippen LogP) is 5.78. The largest absolute Gasteiger partial charge is 0.497 e. The topological polar surface area (TPSA) is 93.6 Å². The van der Waals surface area contributed by atoms with E-state index in [2.05, 4.69) is 12.1 Å². The smallest absolute Gasteiger partial charge is 0.243 e. The van der Waals surface area contributed by atoms with E-state index in [0.29, 0.717) is 32.7 Å². The molecule has 4 aromatic rings. The van der Waals surface area contributed by atoms with Crippen LogP contribution < -0.4 is 14.5 Å². The average molecular weight is 672 g/mol. The second kappa shape index (κ2) is 12.9. The number of hydrogen-bond donors (Lipinski definition) is 0. The van der Waals surface area contributed by atoms with Crippen LogP contribution in [0.5, 0.6) is 11.5 Å². The molecule has 1 unspecified atom stereocenters. The van der Waals surface area contributed by atoms with Gasteiger partial charge in [-0.25, -0.2) is 18.4 Å². The molecule has 2 aliphatic heterocycles. The van der Waals surface area contributed by atoms with Crippen LogP contribution in [-0.2, 0) is 14.8 Å². The maximum Gasteiger partial charge on any atom is 0.243 e. The first-order valence-corrected chi connectivity index (χ1v) is 15.6. The highest BCUT2D eigenvalue weighted by molar-refractivity contribution is 8.93. The van der Waals surface area contributed by atoms with Gasteiger partial charge in [0, 0.05) is 30.5 Å². The number of benzene rings is 3. The maximum absolute atomic E-state index is 13.0. The Labute approximate surface area is 260 Å². The molecule has 6 rings (SSSR count). The fraction of sp³-hybridized carbons (Fsp3) is 0.267. The minimum atomic E-state index is -3.56. The number of methoxy groups -OCH3 is 2. The van der Waals surface area contributed by atoms with Crippen LogP contribution in [0.3, 0.4) is 0 Å². The lowest BCUT2D eigenvalue weighted by molar-refractivity contribution is 0.0730. The third-order valence-corrected chi connectivity index (χ3v) is 10.0. The second-order valence-corrected chi connectivity index (χ2v) is 12.4. The average Bonchev–Trinajstić information content (AvgIpc) is 3.70. The van der Waals surface area contributed by atoms with Gasteiger partial charge >= 0.3 is 0 Å². The van der Waals surface area contributed by atoms with Gasteiger partial charge in [0.25, 0.3) is 0 Å². The fourth-order valence-corrected chi connectivity index (χ4v) is 7.21. The first-order valence-electron chi connectivity index (χ1n) is 13.3. The van der Waals surface area contributed by atoms with E-state index in [1.165, 1.54) is 15.6 Å². The molecular formula is C30H31BrN4O5S2. The van der Waals surface area contributed by atoms with Crippen molar-refractivity contribution in [3.05, 3.63) is 89.3 Å². The van der Waals surface area contributed by atoms with E-state index in [-0.39, 0.29) is 27.9 Å². The van der Waals surface area contributed by atoms with Crippen LogP contribution in [0.2, 0.25) is 0 Å². The molecule has 0 bridgehead atoms. The van der Waals surface area contributed by atoms with Crippen LogP contribution >= 0.6 is 28.3 Å². The van der Waals surface area contributed by atoms with Gasteiger partial charge in [0.15, 0.2) is 0 Å². The molecule has 0 radical (unpaired) electrons. The molecule has 0 spiro atoms. The minimum absolute atomic E-state index is 0. The van der Waals surface area contributed by atoms with Crippen molar-refractivity contribution in [2.24, 2.45) is 5.10 Å².